The summed E-state index contributed by atoms with van der Waals surface area (Å²) in [6.45, 7) is 4.63. The molecule has 0 spiro atoms. The molecule has 0 nitrogen and oxygen atoms in total. The van der Waals surface area contributed by atoms with Crippen molar-refractivity contribution in [1.82, 2.24) is 0 Å². The van der Waals surface area contributed by atoms with Gasteiger partial charge in [0.25, 0.3) is 0 Å². The second kappa shape index (κ2) is 28.6. The van der Waals surface area contributed by atoms with Crippen molar-refractivity contribution in [3.63, 3.8) is 0 Å². The Balaban J connectivity index is 1.07. The molecule has 0 saturated heterocycles. The average Bonchev–Trinajstić information content (AvgIpc) is 4.11. The number of benzene rings is 2. The van der Waals surface area contributed by atoms with Gasteiger partial charge in [0.15, 0.2) is 0 Å². The molecule has 0 saturated carbocycles. The van der Waals surface area contributed by atoms with E-state index < -0.39 is 36.8 Å². The standard InChI is InChI=1S/C54H74S4.6CH3.2Sn/c1-3-5-7-9-11-13-15-17-19-21-23-25-27-29-31-43-37-39-55-53(43)49-41-45-33-35-48-47(51(45)57-49)36-34-46-42-50(58-52(46)48)54-44(38-40-56-54)32-30-28-26-24-22-20-18-16-14-12-10-8-6-4-2;;;;;;;;/h33-38,41-42H,3-32H2,1-2H3;6*1H3;;. The number of unbranched alkanes of at least 4 members (excludes halogenated alkanes) is 26. The molecule has 0 amide bonds. The Kier molecular flexibility index (Phi) is 23.8. The summed E-state index contributed by atoms with van der Waals surface area (Å²) in [6, 6.07) is 20.2. The zero-order chi connectivity index (χ0) is 46.8. The minimum absolute atomic E-state index is 1.24. The Bertz CT molecular complexity index is 2140. The zero-order valence-corrected chi connectivity index (χ0v) is 52.4. The van der Waals surface area contributed by atoms with Gasteiger partial charge in [-0.25, -0.2) is 0 Å². The van der Waals surface area contributed by atoms with Crippen molar-refractivity contribution >= 4 is 119 Å². The van der Waals surface area contributed by atoms with Crippen LogP contribution in [0.15, 0.2) is 48.5 Å². The van der Waals surface area contributed by atoms with Crippen molar-refractivity contribution in [2.75, 3.05) is 0 Å². The average molecular weight is 1180 g/mol. The molecule has 0 radical (unpaired) electrons. The van der Waals surface area contributed by atoms with Crippen LogP contribution in [0.25, 0.3) is 50.5 Å². The van der Waals surface area contributed by atoms with Gasteiger partial charge in [-0.05, 0) is 0 Å². The van der Waals surface area contributed by atoms with Gasteiger partial charge in [-0.3, -0.25) is 0 Å². The molecule has 6 heteroatoms. The van der Waals surface area contributed by atoms with Crippen molar-refractivity contribution in [2.24, 2.45) is 0 Å². The second-order valence-corrected chi connectivity index (χ2v) is 57.4. The SMILES string of the molecule is CCCCCCCCCCCCCCCCc1c[c]([Sn]([CH3])([CH3])[CH3])sc1-c1cc2ccc3c(ccc4cc(-c5s[c]([Sn]([CH3])([CH3])[CH3])cc5CCCCCCCCCCCCCCCC)sc43)c2s1. The molecule has 0 aliphatic carbocycles. The van der Waals surface area contributed by atoms with Crippen LogP contribution in [0, 0.1) is 0 Å². The quantitative estimate of drug-likeness (QED) is 0.0279. The summed E-state index contributed by atoms with van der Waals surface area (Å²) in [4.78, 5) is 21.8. The van der Waals surface area contributed by atoms with Gasteiger partial charge < -0.3 is 0 Å². The first-order chi connectivity index (χ1) is 32.0. The normalized spacial score (nSPS) is 12.5. The van der Waals surface area contributed by atoms with Gasteiger partial charge >= 0.3 is 343 Å². The summed E-state index contributed by atoms with van der Waals surface area (Å²) in [7, 11) is 0. The maximum absolute atomic E-state index is 2.67. The first-order valence-corrected chi connectivity index (χ1v) is 50.9. The zero-order valence-electron chi connectivity index (χ0n) is 43.5. The fraction of sp³-hybridized carbons (Fsp3) is 0.633. The summed E-state index contributed by atoms with van der Waals surface area (Å²) >= 11 is 4.02. The third-order valence-corrected chi connectivity index (χ3v) is 38.2. The van der Waals surface area contributed by atoms with Crippen LogP contribution in [0.2, 0.25) is 29.6 Å². The Morgan fingerprint density at radius 1 is 0.333 bits per heavy atom. The molecular formula is C60H92S4Sn2. The Morgan fingerprint density at radius 2 is 0.621 bits per heavy atom. The summed E-state index contributed by atoms with van der Waals surface area (Å²) in [5.74, 6) is 0. The number of thiophene rings is 4. The molecule has 0 aliphatic rings. The summed E-state index contributed by atoms with van der Waals surface area (Å²) < 4.78 is 6.45. The topological polar surface area (TPSA) is 0 Å². The number of hydrogen-bond donors (Lipinski definition) is 0. The van der Waals surface area contributed by atoms with Gasteiger partial charge in [-0.1, -0.05) is 90.9 Å². The number of aryl methyl sites for hydroxylation is 2. The number of rotatable bonds is 34. The van der Waals surface area contributed by atoms with Crippen LogP contribution in [0.3, 0.4) is 0 Å². The van der Waals surface area contributed by atoms with E-state index >= 15 is 0 Å². The number of hydrogen-bond acceptors (Lipinski definition) is 4. The third-order valence-electron chi connectivity index (χ3n) is 14.3. The van der Waals surface area contributed by atoms with E-state index in [1.54, 1.807) is 26.7 Å². The molecule has 0 fully saturated rings. The molecule has 0 N–H and O–H groups in total. The maximum atomic E-state index is 2.67. The van der Waals surface area contributed by atoms with E-state index in [4.69, 9.17) is 0 Å². The first kappa shape index (κ1) is 54.9. The second-order valence-electron chi connectivity index (χ2n) is 22.4. The molecular weight excluding hydrogens is 1090 g/mol. The molecule has 4 aromatic heterocycles. The number of fused-ring (bicyclic) bond motifs is 5. The van der Waals surface area contributed by atoms with Gasteiger partial charge in [0.05, 0.1) is 0 Å². The molecule has 2 aromatic carbocycles. The van der Waals surface area contributed by atoms with Gasteiger partial charge in [-0.2, -0.15) is 0 Å². The van der Waals surface area contributed by atoms with Crippen LogP contribution in [-0.4, -0.2) is 36.8 Å². The van der Waals surface area contributed by atoms with Crippen molar-refractivity contribution in [1.29, 1.82) is 0 Å². The first-order valence-electron chi connectivity index (χ1n) is 27.6. The van der Waals surface area contributed by atoms with E-state index in [1.165, 1.54) is 233 Å². The van der Waals surface area contributed by atoms with Crippen LogP contribution in [-0.2, 0) is 12.8 Å². The predicted octanol–water partition coefficient (Wildman–Crippen LogP) is 21.9. The monoisotopic (exact) mass is 1180 g/mol. The van der Waals surface area contributed by atoms with Crippen LogP contribution in [0.4, 0.5) is 0 Å². The van der Waals surface area contributed by atoms with Crippen LogP contribution in [0.1, 0.15) is 205 Å². The van der Waals surface area contributed by atoms with Crippen molar-refractivity contribution in [3.8, 4) is 19.5 Å². The predicted molar refractivity (Wildman–Crippen MR) is 315 cm³/mol. The third kappa shape index (κ3) is 16.9. The van der Waals surface area contributed by atoms with E-state index in [-0.39, 0.29) is 0 Å². The van der Waals surface area contributed by atoms with E-state index in [0.717, 1.165) is 0 Å². The molecule has 4 heterocycles. The molecule has 0 aliphatic heterocycles. The van der Waals surface area contributed by atoms with Crippen molar-refractivity contribution in [3.05, 3.63) is 59.7 Å². The molecule has 6 rings (SSSR count). The van der Waals surface area contributed by atoms with E-state index in [1.807, 2.05) is 0 Å². The van der Waals surface area contributed by atoms with E-state index in [0.29, 0.717) is 0 Å². The molecule has 364 valence electrons. The van der Waals surface area contributed by atoms with Gasteiger partial charge in [-0.15, -0.1) is 0 Å². The fourth-order valence-corrected chi connectivity index (χ4v) is 25.7. The van der Waals surface area contributed by atoms with Crippen molar-refractivity contribution in [2.45, 2.75) is 236 Å². The summed E-state index contributed by atoms with van der Waals surface area (Å²) in [5.41, 5.74) is 3.28. The molecule has 0 atom stereocenters. The Hall–Kier alpha value is -0.383. The minimum atomic E-state index is -2.22. The van der Waals surface area contributed by atoms with Gasteiger partial charge in [0.1, 0.15) is 0 Å². The van der Waals surface area contributed by atoms with Gasteiger partial charge in [0.2, 0.25) is 0 Å². The van der Waals surface area contributed by atoms with Gasteiger partial charge in [0, 0.05) is 0 Å². The summed E-state index contributed by atoms with van der Waals surface area (Å²) in [5, 5.41) is 5.74. The molecule has 6 aromatic rings. The van der Waals surface area contributed by atoms with E-state index in [9.17, 15) is 0 Å². The van der Waals surface area contributed by atoms with E-state index in [2.05, 4.69) is 137 Å². The van der Waals surface area contributed by atoms with Crippen molar-refractivity contribution < 1.29 is 0 Å². The van der Waals surface area contributed by atoms with Crippen LogP contribution in [0.5, 0.6) is 0 Å². The van der Waals surface area contributed by atoms with Crippen LogP contribution < -0.4 is 5.79 Å². The molecule has 0 unspecified atom stereocenters. The Morgan fingerprint density at radius 3 is 0.909 bits per heavy atom. The van der Waals surface area contributed by atoms with Crippen LogP contribution >= 0.6 is 45.3 Å². The summed E-state index contributed by atoms with van der Waals surface area (Å²) in [6.07, 6.45) is 42.3. The fourth-order valence-electron chi connectivity index (χ4n) is 10.0. The molecule has 66 heavy (non-hydrogen) atoms. The Labute approximate surface area is 429 Å². The molecule has 0 bridgehead atoms.